The number of aromatic nitrogens is 2. The van der Waals surface area contributed by atoms with Crippen molar-refractivity contribution in [1.82, 2.24) is 9.78 Å². The molecule has 2 heterocycles. The number of hydrogen-bond acceptors (Lipinski definition) is 3. The van der Waals surface area contributed by atoms with Crippen molar-refractivity contribution in [2.45, 2.75) is 45.3 Å². The van der Waals surface area contributed by atoms with Crippen LogP contribution in [0.25, 0.3) is 0 Å². The summed E-state index contributed by atoms with van der Waals surface area (Å²) < 4.78 is 8.50. The third-order valence-electron chi connectivity index (χ3n) is 3.82. The first kappa shape index (κ1) is 14.0. The maximum atomic E-state index is 10.4. The average molecular weight is 317 g/mol. The highest BCUT2D eigenvalue weighted by atomic mass is 79.9. The van der Waals surface area contributed by atoms with Gasteiger partial charge in [-0.25, -0.2) is 0 Å². The van der Waals surface area contributed by atoms with Gasteiger partial charge in [-0.1, -0.05) is 6.92 Å². The van der Waals surface area contributed by atoms with E-state index >= 15 is 0 Å². The lowest BCUT2D eigenvalue weighted by atomic mass is 9.90. The highest BCUT2D eigenvalue weighted by Crippen LogP contribution is 2.30. The van der Waals surface area contributed by atoms with Crippen LogP contribution in [0.5, 0.6) is 0 Å². The molecule has 3 unspecified atom stereocenters. The molecule has 1 aromatic rings. The third-order valence-corrected chi connectivity index (χ3v) is 4.85. The second-order valence-electron chi connectivity index (χ2n) is 5.01. The van der Waals surface area contributed by atoms with Crippen LogP contribution in [-0.4, -0.2) is 33.7 Å². The second kappa shape index (κ2) is 5.72. The van der Waals surface area contributed by atoms with Crippen LogP contribution in [0.2, 0.25) is 0 Å². The average Bonchev–Trinajstić information content (AvgIpc) is 2.90. The molecule has 1 saturated heterocycles. The zero-order valence-corrected chi connectivity index (χ0v) is 12.8. The van der Waals surface area contributed by atoms with E-state index in [0.717, 1.165) is 35.3 Å². The van der Waals surface area contributed by atoms with Gasteiger partial charge in [0.25, 0.3) is 0 Å². The van der Waals surface area contributed by atoms with Crippen LogP contribution in [0, 0.1) is 12.8 Å². The van der Waals surface area contributed by atoms with Crippen LogP contribution in [0.15, 0.2) is 4.47 Å². The van der Waals surface area contributed by atoms with Crippen LogP contribution in [0.3, 0.4) is 0 Å². The summed E-state index contributed by atoms with van der Waals surface area (Å²) in [6.45, 7) is 4.85. The number of ether oxygens (including phenoxy) is 1. The number of rotatable bonds is 4. The summed E-state index contributed by atoms with van der Waals surface area (Å²) in [5.74, 6) is 0.247. The fourth-order valence-corrected chi connectivity index (χ4v) is 3.27. The van der Waals surface area contributed by atoms with Crippen molar-refractivity contribution in [1.29, 1.82) is 0 Å². The molecule has 0 spiro atoms. The molecule has 0 saturated carbocycles. The first-order valence-electron chi connectivity index (χ1n) is 6.52. The van der Waals surface area contributed by atoms with Crippen molar-refractivity contribution < 1.29 is 9.84 Å². The Balaban J connectivity index is 2.09. The van der Waals surface area contributed by atoms with Gasteiger partial charge in [-0.05, 0) is 35.7 Å². The molecule has 3 atom stereocenters. The van der Waals surface area contributed by atoms with E-state index in [4.69, 9.17) is 4.74 Å². The van der Waals surface area contributed by atoms with Gasteiger partial charge in [-0.15, -0.1) is 0 Å². The van der Waals surface area contributed by atoms with Gasteiger partial charge in [-0.2, -0.15) is 5.10 Å². The van der Waals surface area contributed by atoms with Gasteiger partial charge in [0.2, 0.25) is 0 Å². The van der Waals surface area contributed by atoms with E-state index in [0.29, 0.717) is 6.42 Å². The van der Waals surface area contributed by atoms with Gasteiger partial charge >= 0.3 is 0 Å². The second-order valence-corrected chi connectivity index (χ2v) is 5.80. The molecule has 102 valence electrons. The highest BCUT2D eigenvalue weighted by Gasteiger charge is 2.33. The minimum atomic E-state index is -0.358. The molecule has 0 bridgehead atoms. The van der Waals surface area contributed by atoms with Crippen molar-refractivity contribution in [2.75, 3.05) is 6.61 Å². The van der Waals surface area contributed by atoms with Crippen LogP contribution in [0.1, 0.15) is 31.2 Å². The minimum absolute atomic E-state index is 0.202. The maximum absolute atomic E-state index is 10.4. The largest absolute Gasteiger partial charge is 0.392 e. The van der Waals surface area contributed by atoms with Crippen molar-refractivity contribution in [2.24, 2.45) is 13.0 Å². The zero-order valence-electron chi connectivity index (χ0n) is 11.2. The molecule has 1 aliphatic rings. The highest BCUT2D eigenvalue weighted by molar-refractivity contribution is 9.10. The van der Waals surface area contributed by atoms with Crippen LogP contribution in [-0.2, 0) is 18.2 Å². The molecule has 5 heteroatoms. The third kappa shape index (κ3) is 2.63. The lowest BCUT2D eigenvalue weighted by Gasteiger charge is -2.22. The van der Waals surface area contributed by atoms with Crippen molar-refractivity contribution in [3.63, 3.8) is 0 Å². The normalized spacial score (nSPS) is 25.6. The van der Waals surface area contributed by atoms with E-state index in [1.165, 1.54) is 0 Å². The molecule has 1 fully saturated rings. The quantitative estimate of drug-likeness (QED) is 0.926. The lowest BCUT2D eigenvalue weighted by Crippen LogP contribution is -2.30. The Morgan fingerprint density at radius 3 is 2.89 bits per heavy atom. The summed E-state index contributed by atoms with van der Waals surface area (Å²) in [7, 11) is 1.92. The molecule has 0 radical (unpaired) electrons. The molecule has 1 aliphatic heterocycles. The van der Waals surface area contributed by atoms with E-state index < -0.39 is 0 Å². The summed E-state index contributed by atoms with van der Waals surface area (Å²) in [6, 6.07) is 0. The van der Waals surface area contributed by atoms with E-state index in [2.05, 4.69) is 28.0 Å². The Hall–Kier alpha value is -0.390. The van der Waals surface area contributed by atoms with Crippen LogP contribution < -0.4 is 0 Å². The molecule has 2 rings (SSSR count). The van der Waals surface area contributed by atoms with Gasteiger partial charge in [-0.3, -0.25) is 4.68 Å². The Labute approximate surface area is 116 Å². The number of halogens is 1. The molecule has 1 N–H and O–H groups in total. The first-order chi connectivity index (χ1) is 8.54. The van der Waals surface area contributed by atoms with Gasteiger partial charge in [0, 0.05) is 26.0 Å². The fraction of sp³-hybridized carbons (Fsp3) is 0.769. The number of aliphatic hydroxyl groups excluding tert-OH is 1. The zero-order chi connectivity index (χ0) is 13.3. The van der Waals surface area contributed by atoms with E-state index in [1.54, 1.807) is 0 Å². The Morgan fingerprint density at radius 1 is 1.61 bits per heavy atom. The Bertz CT molecular complexity index is 419. The molecule has 1 aromatic heterocycles. The van der Waals surface area contributed by atoms with Gasteiger partial charge in [0.1, 0.15) is 0 Å². The molecule has 4 nitrogen and oxygen atoms in total. The summed E-state index contributed by atoms with van der Waals surface area (Å²) in [5.41, 5.74) is 2.02. The summed E-state index contributed by atoms with van der Waals surface area (Å²) in [5, 5.41) is 14.8. The number of aryl methyl sites for hydroxylation is 2. The van der Waals surface area contributed by atoms with Gasteiger partial charge < -0.3 is 9.84 Å². The van der Waals surface area contributed by atoms with E-state index in [1.807, 2.05) is 18.7 Å². The van der Waals surface area contributed by atoms with Crippen molar-refractivity contribution in [3.8, 4) is 0 Å². The molecule has 0 aromatic carbocycles. The Kier molecular flexibility index (Phi) is 4.45. The van der Waals surface area contributed by atoms with Crippen molar-refractivity contribution in [3.05, 3.63) is 15.9 Å². The monoisotopic (exact) mass is 316 g/mol. The molecule has 18 heavy (non-hydrogen) atoms. The van der Waals surface area contributed by atoms with E-state index in [-0.39, 0.29) is 18.1 Å². The number of nitrogens with zero attached hydrogens (tertiary/aromatic N) is 2. The SMILES string of the molecule is CCC1OCCC1C(O)Cc1c(Br)c(C)nn1C. The van der Waals surface area contributed by atoms with Crippen LogP contribution >= 0.6 is 15.9 Å². The lowest BCUT2D eigenvalue weighted by molar-refractivity contribution is 0.0309. The fourth-order valence-electron chi connectivity index (χ4n) is 2.78. The minimum Gasteiger partial charge on any atom is -0.392 e. The van der Waals surface area contributed by atoms with E-state index in [9.17, 15) is 5.11 Å². The summed E-state index contributed by atoms with van der Waals surface area (Å²) >= 11 is 3.54. The molecular formula is C13H21BrN2O2. The number of aliphatic hydroxyl groups is 1. The first-order valence-corrected chi connectivity index (χ1v) is 7.31. The van der Waals surface area contributed by atoms with Gasteiger partial charge in [0.05, 0.1) is 28.1 Å². The van der Waals surface area contributed by atoms with Crippen LogP contribution in [0.4, 0.5) is 0 Å². The topological polar surface area (TPSA) is 47.3 Å². The molecule has 0 aliphatic carbocycles. The summed E-state index contributed by atoms with van der Waals surface area (Å²) in [4.78, 5) is 0. The number of hydrogen-bond donors (Lipinski definition) is 1. The summed E-state index contributed by atoms with van der Waals surface area (Å²) in [6.07, 6.45) is 2.39. The molecule has 0 amide bonds. The maximum Gasteiger partial charge on any atom is 0.0738 e. The van der Waals surface area contributed by atoms with Gasteiger partial charge in [0.15, 0.2) is 0 Å². The molecular weight excluding hydrogens is 296 g/mol. The predicted molar refractivity (Wildman–Crippen MR) is 73.5 cm³/mol. The smallest absolute Gasteiger partial charge is 0.0738 e. The Morgan fingerprint density at radius 2 is 2.33 bits per heavy atom. The van der Waals surface area contributed by atoms with Crippen molar-refractivity contribution >= 4 is 15.9 Å². The standard InChI is InChI=1S/C13H21BrN2O2/c1-4-12-9(5-6-18-12)11(17)7-10-13(14)8(2)15-16(10)3/h9,11-12,17H,4-7H2,1-3H3. The predicted octanol–water partition coefficient (Wildman–Crippen LogP) is 2.21.